The molecule has 0 aliphatic heterocycles. The Morgan fingerprint density at radius 2 is 1.11 bits per heavy atom. The number of unbranched alkanes of at least 4 members (excludes halogenated alkanes) is 6. The molecule has 0 N–H and O–H groups in total. The van der Waals surface area contributed by atoms with Crippen molar-refractivity contribution in [3.8, 4) is 0 Å². The van der Waals surface area contributed by atoms with Crippen LogP contribution in [-0.2, 0) is 0 Å². The number of hydrogen-bond acceptors (Lipinski definition) is 0. The molecule has 0 spiro atoms. The Morgan fingerprint density at radius 3 is 1.58 bits per heavy atom. The maximum atomic E-state index is 3.55. The second-order valence-electron chi connectivity index (χ2n) is 5.95. The highest BCUT2D eigenvalue weighted by molar-refractivity contribution is 9.09. The summed E-state index contributed by atoms with van der Waals surface area (Å²) in [6, 6.07) is 0. The predicted octanol–water partition coefficient (Wildman–Crippen LogP) is 2.38. The van der Waals surface area contributed by atoms with Crippen molar-refractivity contribution in [2.24, 2.45) is 0 Å². The number of alkyl halides is 1. The zero-order valence-electron chi connectivity index (χ0n) is 13.4. The highest BCUT2D eigenvalue weighted by Gasteiger charge is 2.19. The first-order valence-corrected chi connectivity index (χ1v) is 9.20. The molecule has 0 aliphatic carbocycles. The molecule has 0 fully saturated rings. The lowest BCUT2D eigenvalue weighted by atomic mass is 10.1. The Labute approximate surface area is 136 Å². The Hall–Kier alpha value is 0.730. The van der Waals surface area contributed by atoms with Crippen LogP contribution >= 0.6 is 15.9 Å². The number of quaternary nitrogens is 1. The third-order valence-electron chi connectivity index (χ3n) is 3.93. The molecule has 118 valence electrons. The SMILES string of the molecule is CCCCCC[N+](C)(CCCCC)CCCCBr.[Cl-]. The molecule has 0 aromatic heterocycles. The van der Waals surface area contributed by atoms with Gasteiger partial charge in [0.25, 0.3) is 0 Å². The molecule has 1 atom stereocenters. The lowest BCUT2D eigenvalue weighted by molar-refractivity contribution is -0.910. The number of halogens is 2. The zero-order chi connectivity index (χ0) is 13.7. The van der Waals surface area contributed by atoms with Gasteiger partial charge < -0.3 is 16.9 Å². The van der Waals surface area contributed by atoms with E-state index in [0.717, 1.165) is 5.33 Å². The minimum absolute atomic E-state index is 0. The molecular formula is C16H35BrClN. The van der Waals surface area contributed by atoms with Crippen molar-refractivity contribution in [3.05, 3.63) is 0 Å². The molecule has 0 heterocycles. The van der Waals surface area contributed by atoms with Crippen LogP contribution in [0.3, 0.4) is 0 Å². The summed E-state index contributed by atoms with van der Waals surface area (Å²) >= 11 is 3.55. The number of nitrogens with zero attached hydrogens (tertiary/aromatic N) is 1. The van der Waals surface area contributed by atoms with E-state index in [1.807, 2.05) is 0 Å². The highest BCUT2D eigenvalue weighted by atomic mass is 79.9. The summed E-state index contributed by atoms with van der Waals surface area (Å²) in [5.41, 5.74) is 0. The van der Waals surface area contributed by atoms with E-state index in [4.69, 9.17) is 0 Å². The molecule has 3 heteroatoms. The minimum Gasteiger partial charge on any atom is -1.00 e. The quantitative estimate of drug-likeness (QED) is 0.270. The summed E-state index contributed by atoms with van der Waals surface area (Å²) in [4.78, 5) is 0. The van der Waals surface area contributed by atoms with Crippen molar-refractivity contribution >= 4 is 15.9 Å². The van der Waals surface area contributed by atoms with Crippen LogP contribution in [0.2, 0.25) is 0 Å². The Kier molecular flexibility index (Phi) is 17.5. The summed E-state index contributed by atoms with van der Waals surface area (Å²) in [6.07, 6.45) is 12.5. The van der Waals surface area contributed by atoms with Gasteiger partial charge in [-0.3, -0.25) is 0 Å². The summed E-state index contributed by atoms with van der Waals surface area (Å²) in [5, 5.41) is 1.16. The van der Waals surface area contributed by atoms with Gasteiger partial charge in [0.15, 0.2) is 0 Å². The van der Waals surface area contributed by atoms with Crippen LogP contribution in [0.25, 0.3) is 0 Å². The molecule has 0 radical (unpaired) electrons. The van der Waals surface area contributed by atoms with Crippen LogP contribution in [0.4, 0.5) is 0 Å². The summed E-state index contributed by atoms with van der Waals surface area (Å²) < 4.78 is 1.32. The van der Waals surface area contributed by atoms with Crippen molar-refractivity contribution in [3.63, 3.8) is 0 Å². The van der Waals surface area contributed by atoms with Gasteiger partial charge in [-0.15, -0.1) is 0 Å². The van der Waals surface area contributed by atoms with Gasteiger partial charge in [0.1, 0.15) is 0 Å². The molecule has 1 unspecified atom stereocenters. The van der Waals surface area contributed by atoms with Gasteiger partial charge in [-0.1, -0.05) is 49.0 Å². The van der Waals surface area contributed by atoms with Crippen LogP contribution in [-0.4, -0.2) is 36.5 Å². The van der Waals surface area contributed by atoms with Crippen LogP contribution < -0.4 is 12.4 Å². The average Bonchev–Trinajstić information content (AvgIpc) is 2.36. The zero-order valence-corrected chi connectivity index (χ0v) is 15.7. The summed E-state index contributed by atoms with van der Waals surface area (Å²) in [6.45, 7) is 8.76. The maximum Gasteiger partial charge on any atom is 0.0784 e. The molecule has 0 amide bonds. The van der Waals surface area contributed by atoms with Crippen molar-refractivity contribution in [2.75, 3.05) is 32.0 Å². The average molecular weight is 357 g/mol. The first-order chi connectivity index (χ1) is 8.68. The molecule has 1 nitrogen and oxygen atoms in total. The van der Waals surface area contributed by atoms with Crippen molar-refractivity contribution in [2.45, 2.75) is 71.6 Å². The molecule has 0 rings (SSSR count). The molecule has 0 saturated heterocycles. The van der Waals surface area contributed by atoms with Crippen LogP contribution in [0, 0.1) is 0 Å². The van der Waals surface area contributed by atoms with Crippen LogP contribution in [0.5, 0.6) is 0 Å². The number of hydrogen-bond donors (Lipinski definition) is 0. The first-order valence-electron chi connectivity index (χ1n) is 8.08. The fourth-order valence-electron chi connectivity index (χ4n) is 2.59. The van der Waals surface area contributed by atoms with E-state index in [1.54, 1.807) is 0 Å². The monoisotopic (exact) mass is 355 g/mol. The first kappa shape index (κ1) is 22.0. The van der Waals surface area contributed by atoms with Gasteiger partial charge in [-0.2, -0.15) is 0 Å². The molecule has 0 aliphatic rings. The van der Waals surface area contributed by atoms with Crippen molar-refractivity contribution < 1.29 is 16.9 Å². The van der Waals surface area contributed by atoms with Crippen LogP contribution in [0.1, 0.15) is 71.6 Å². The van der Waals surface area contributed by atoms with E-state index >= 15 is 0 Å². The van der Waals surface area contributed by atoms with Gasteiger partial charge >= 0.3 is 0 Å². The molecule has 0 bridgehead atoms. The Morgan fingerprint density at radius 1 is 0.684 bits per heavy atom. The van der Waals surface area contributed by atoms with E-state index in [0.29, 0.717) is 0 Å². The van der Waals surface area contributed by atoms with Gasteiger partial charge in [-0.25, -0.2) is 0 Å². The maximum absolute atomic E-state index is 3.55. The van der Waals surface area contributed by atoms with Gasteiger partial charge in [0, 0.05) is 5.33 Å². The fraction of sp³-hybridized carbons (Fsp3) is 1.00. The molecule has 0 aromatic rings. The second kappa shape index (κ2) is 15.1. The third-order valence-corrected chi connectivity index (χ3v) is 4.50. The van der Waals surface area contributed by atoms with E-state index < -0.39 is 0 Å². The summed E-state index contributed by atoms with van der Waals surface area (Å²) in [5.74, 6) is 0. The normalized spacial score (nSPS) is 13.9. The number of rotatable bonds is 13. The summed E-state index contributed by atoms with van der Waals surface area (Å²) in [7, 11) is 2.48. The highest BCUT2D eigenvalue weighted by Crippen LogP contribution is 2.13. The third kappa shape index (κ3) is 13.5. The Bertz CT molecular complexity index is 166. The van der Waals surface area contributed by atoms with E-state index in [2.05, 4.69) is 36.8 Å². The lowest BCUT2D eigenvalue weighted by Crippen LogP contribution is -3.00. The van der Waals surface area contributed by atoms with E-state index in [9.17, 15) is 0 Å². The van der Waals surface area contributed by atoms with Crippen molar-refractivity contribution in [1.82, 2.24) is 0 Å². The van der Waals surface area contributed by atoms with Gasteiger partial charge in [0.2, 0.25) is 0 Å². The van der Waals surface area contributed by atoms with Gasteiger partial charge in [-0.05, 0) is 38.5 Å². The van der Waals surface area contributed by atoms with E-state index in [-0.39, 0.29) is 12.4 Å². The molecule has 0 saturated carbocycles. The lowest BCUT2D eigenvalue weighted by Gasteiger charge is -2.35. The van der Waals surface area contributed by atoms with Crippen molar-refractivity contribution in [1.29, 1.82) is 0 Å². The molecule has 19 heavy (non-hydrogen) atoms. The smallest absolute Gasteiger partial charge is 0.0784 e. The second-order valence-corrected chi connectivity index (χ2v) is 6.75. The van der Waals surface area contributed by atoms with Crippen LogP contribution in [0.15, 0.2) is 0 Å². The minimum atomic E-state index is 0. The van der Waals surface area contributed by atoms with Gasteiger partial charge in [0.05, 0.1) is 26.7 Å². The molecular weight excluding hydrogens is 322 g/mol. The topological polar surface area (TPSA) is 0 Å². The van der Waals surface area contributed by atoms with E-state index in [1.165, 1.54) is 81.9 Å². The predicted molar refractivity (Wildman–Crippen MR) is 87.5 cm³/mol. The fourth-order valence-corrected chi connectivity index (χ4v) is 2.98. The molecule has 0 aromatic carbocycles. The largest absolute Gasteiger partial charge is 1.00 e. The standard InChI is InChI=1S/C16H35BrN.ClH/c1-4-6-8-11-15-18(3,14-10-7-5-2)16-12-9-13-17;/h4-16H2,1-3H3;1H/q+1;/p-1. The Balaban J connectivity index is 0.